The SMILES string of the molecule is Fc1cc(F)cc(/C=N/Nc2c(F)cccc2F)c1. The molecule has 0 bridgehead atoms. The van der Waals surface area contributed by atoms with E-state index in [0.29, 0.717) is 6.07 Å². The molecule has 0 atom stereocenters. The molecule has 0 aromatic heterocycles. The number of para-hydroxylation sites is 1. The van der Waals surface area contributed by atoms with Crippen molar-refractivity contribution in [3.05, 3.63) is 65.2 Å². The lowest BCUT2D eigenvalue weighted by Crippen LogP contribution is -1.97. The summed E-state index contributed by atoms with van der Waals surface area (Å²) in [7, 11) is 0. The van der Waals surface area contributed by atoms with E-state index in [0.717, 1.165) is 30.5 Å². The summed E-state index contributed by atoms with van der Waals surface area (Å²) in [5.74, 6) is -3.16. The van der Waals surface area contributed by atoms with E-state index in [-0.39, 0.29) is 5.56 Å². The van der Waals surface area contributed by atoms with Crippen molar-refractivity contribution in [3.8, 4) is 0 Å². The van der Waals surface area contributed by atoms with E-state index in [1.54, 1.807) is 0 Å². The zero-order chi connectivity index (χ0) is 13.8. The monoisotopic (exact) mass is 268 g/mol. The number of hydrazone groups is 1. The molecule has 0 aliphatic heterocycles. The van der Waals surface area contributed by atoms with E-state index in [1.807, 2.05) is 0 Å². The number of hydrogen-bond acceptors (Lipinski definition) is 2. The molecule has 2 aromatic rings. The number of halogens is 4. The second-order valence-electron chi connectivity index (χ2n) is 3.67. The minimum Gasteiger partial charge on any atom is -0.273 e. The van der Waals surface area contributed by atoms with Crippen LogP contribution in [0.4, 0.5) is 23.2 Å². The largest absolute Gasteiger partial charge is 0.273 e. The Morgan fingerprint density at radius 1 is 0.895 bits per heavy atom. The van der Waals surface area contributed by atoms with Crippen molar-refractivity contribution in [1.82, 2.24) is 0 Å². The summed E-state index contributed by atoms with van der Waals surface area (Å²) in [5, 5.41) is 3.53. The average Bonchev–Trinajstić information content (AvgIpc) is 2.32. The van der Waals surface area contributed by atoms with Crippen molar-refractivity contribution in [3.63, 3.8) is 0 Å². The van der Waals surface area contributed by atoms with Crippen LogP contribution in [-0.4, -0.2) is 6.21 Å². The molecule has 0 saturated carbocycles. The Labute approximate surface area is 106 Å². The lowest BCUT2D eigenvalue weighted by molar-refractivity contribution is 0.582. The number of hydrogen-bond donors (Lipinski definition) is 1. The van der Waals surface area contributed by atoms with Crippen LogP contribution in [0.2, 0.25) is 0 Å². The molecular weight excluding hydrogens is 260 g/mol. The van der Waals surface area contributed by atoms with Crippen LogP contribution in [0, 0.1) is 23.3 Å². The molecule has 0 radical (unpaired) electrons. The fraction of sp³-hybridized carbons (Fsp3) is 0. The minimum atomic E-state index is -0.817. The van der Waals surface area contributed by atoms with E-state index < -0.39 is 29.0 Å². The highest BCUT2D eigenvalue weighted by Gasteiger charge is 2.06. The number of rotatable bonds is 3. The van der Waals surface area contributed by atoms with Crippen LogP contribution < -0.4 is 5.43 Å². The van der Waals surface area contributed by atoms with Crippen molar-refractivity contribution >= 4 is 11.9 Å². The van der Waals surface area contributed by atoms with Crippen molar-refractivity contribution in [2.45, 2.75) is 0 Å². The number of benzene rings is 2. The van der Waals surface area contributed by atoms with Crippen molar-refractivity contribution in [2.24, 2.45) is 5.10 Å². The van der Waals surface area contributed by atoms with Gasteiger partial charge in [0.05, 0.1) is 6.21 Å². The van der Waals surface area contributed by atoms with Gasteiger partial charge in [0.15, 0.2) is 11.6 Å². The molecule has 0 saturated heterocycles. The second-order valence-corrected chi connectivity index (χ2v) is 3.67. The van der Waals surface area contributed by atoms with Gasteiger partial charge in [-0.15, -0.1) is 0 Å². The number of nitrogens with one attached hydrogen (secondary N) is 1. The average molecular weight is 268 g/mol. The van der Waals surface area contributed by atoms with Gasteiger partial charge in [0.1, 0.15) is 17.3 Å². The first-order valence-corrected chi connectivity index (χ1v) is 5.25. The zero-order valence-corrected chi connectivity index (χ0v) is 9.50. The van der Waals surface area contributed by atoms with Crippen LogP contribution in [0.1, 0.15) is 5.56 Å². The molecule has 0 amide bonds. The van der Waals surface area contributed by atoms with Crippen LogP contribution >= 0.6 is 0 Å². The van der Waals surface area contributed by atoms with E-state index >= 15 is 0 Å². The summed E-state index contributed by atoms with van der Waals surface area (Å²) in [6, 6.07) is 6.10. The van der Waals surface area contributed by atoms with Crippen LogP contribution in [0.15, 0.2) is 41.5 Å². The van der Waals surface area contributed by atoms with Crippen molar-refractivity contribution in [2.75, 3.05) is 5.43 Å². The van der Waals surface area contributed by atoms with Gasteiger partial charge in [0, 0.05) is 11.6 Å². The van der Waals surface area contributed by atoms with Crippen LogP contribution in [0.25, 0.3) is 0 Å². The summed E-state index contributed by atoms with van der Waals surface area (Å²) in [4.78, 5) is 0. The van der Waals surface area contributed by atoms with Gasteiger partial charge in [-0.2, -0.15) is 5.10 Å². The fourth-order valence-corrected chi connectivity index (χ4v) is 1.43. The molecule has 0 aliphatic rings. The molecule has 0 unspecified atom stereocenters. The maximum Gasteiger partial charge on any atom is 0.151 e. The molecular formula is C13H8F4N2. The predicted molar refractivity (Wildman–Crippen MR) is 63.9 cm³/mol. The first-order valence-electron chi connectivity index (χ1n) is 5.25. The molecule has 2 aromatic carbocycles. The summed E-state index contributed by atoms with van der Waals surface area (Å²) < 4.78 is 52.1. The van der Waals surface area contributed by atoms with Crippen LogP contribution in [0.3, 0.4) is 0 Å². The predicted octanol–water partition coefficient (Wildman–Crippen LogP) is 3.69. The quantitative estimate of drug-likeness (QED) is 0.512. The molecule has 2 rings (SSSR count). The van der Waals surface area contributed by atoms with E-state index in [2.05, 4.69) is 10.5 Å². The molecule has 0 heterocycles. The molecule has 0 spiro atoms. The lowest BCUT2D eigenvalue weighted by Gasteiger charge is -2.03. The molecule has 98 valence electrons. The summed E-state index contributed by atoms with van der Waals surface area (Å²) >= 11 is 0. The highest BCUT2D eigenvalue weighted by atomic mass is 19.1. The Bertz CT molecular complexity index is 586. The van der Waals surface area contributed by atoms with E-state index in [1.165, 1.54) is 6.07 Å². The lowest BCUT2D eigenvalue weighted by atomic mass is 10.2. The molecule has 6 heteroatoms. The van der Waals surface area contributed by atoms with Crippen LogP contribution in [0.5, 0.6) is 0 Å². The second kappa shape index (κ2) is 5.51. The third-order valence-electron chi connectivity index (χ3n) is 2.24. The van der Waals surface area contributed by atoms with E-state index in [9.17, 15) is 17.6 Å². The Balaban J connectivity index is 2.16. The van der Waals surface area contributed by atoms with Gasteiger partial charge in [-0.3, -0.25) is 5.43 Å². The first kappa shape index (κ1) is 13.1. The van der Waals surface area contributed by atoms with Crippen LogP contribution in [-0.2, 0) is 0 Å². The molecule has 19 heavy (non-hydrogen) atoms. The fourth-order valence-electron chi connectivity index (χ4n) is 1.43. The standard InChI is InChI=1S/C13H8F4N2/c14-9-4-8(5-10(15)6-9)7-18-19-13-11(16)2-1-3-12(13)17/h1-7,19H/b18-7+. The van der Waals surface area contributed by atoms with Gasteiger partial charge in [0.25, 0.3) is 0 Å². The van der Waals surface area contributed by atoms with Crippen molar-refractivity contribution < 1.29 is 17.6 Å². The maximum absolute atomic E-state index is 13.2. The Morgan fingerprint density at radius 3 is 2.05 bits per heavy atom. The summed E-state index contributed by atoms with van der Waals surface area (Å²) in [6.45, 7) is 0. The summed E-state index contributed by atoms with van der Waals surface area (Å²) in [5.41, 5.74) is 1.84. The Hall–Kier alpha value is -2.37. The topological polar surface area (TPSA) is 24.4 Å². The van der Waals surface area contributed by atoms with Gasteiger partial charge in [-0.05, 0) is 24.3 Å². The molecule has 1 N–H and O–H groups in total. The summed E-state index contributed by atoms with van der Waals surface area (Å²) in [6.07, 6.45) is 1.05. The first-order chi connectivity index (χ1) is 9.06. The smallest absolute Gasteiger partial charge is 0.151 e. The Morgan fingerprint density at radius 2 is 1.47 bits per heavy atom. The third-order valence-corrected chi connectivity index (χ3v) is 2.24. The highest BCUT2D eigenvalue weighted by Crippen LogP contribution is 2.17. The molecule has 0 aliphatic carbocycles. The molecule has 0 fully saturated rings. The minimum absolute atomic E-state index is 0.127. The van der Waals surface area contributed by atoms with Gasteiger partial charge in [-0.1, -0.05) is 6.07 Å². The number of anilines is 1. The van der Waals surface area contributed by atoms with E-state index in [4.69, 9.17) is 0 Å². The van der Waals surface area contributed by atoms with Gasteiger partial charge in [-0.25, -0.2) is 17.6 Å². The van der Waals surface area contributed by atoms with Gasteiger partial charge < -0.3 is 0 Å². The zero-order valence-electron chi connectivity index (χ0n) is 9.50. The Kier molecular flexibility index (Phi) is 3.79. The molecule has 2 nitrogen and oxygen atoms in total. The highest BCUT2D eigenvalue weighted by molar-refractivity contribution is 5.80. The third kappa shape index (κ3) is 3.31. The van der Waals surface area contributed by atoms with Gasteiger partial charge in [0.2, 0.25) is 0 Å². The van der Waals surface area contributed by atoms with Gasteiger partial charge >= 0.3 is 0 Å². The number of nitrogens with zero attached hydrogens (tertiary/aromatic N) is 1. The van der Waals surface area contributed by atoms with Crippen molar-refractivity contribution in [1.29, 1.82) is 0 Å². The normalized spacial score (nSPS) is 10.9. The maximum atomic E-state index is 13.2.